The lowest BCUT2D eigenvalue weighted by molar-refractivity contribution is -0.121. The predicted octanol–water partition coefficient (Wildman–Crippen LogP) is 0.556. The summed E-state index contributed by atoms with van der Waals surface area (Å²) in [6, 6.07) is 0. The minimum Gasteiger partial charge on any atom is -0.355 e. The van der Waals surface area contributed by atoms with Crippen molar-refractivity contribution in [3.63, 3.8) is 0 Å². The SMILES string of the molecule is CC1C(=O)NCC1I. The van der Waals surface area contributed by atoms with E-state index in [0.717, 1.165) is 6.54 Å². The van der Waals surface area contributed by atoms with Crippen LogP contribution in [0.5, 0.6) is 0 Å². The van der Waals surface area contributed by atoms with E-state index in [1.807, 2.05) is 6.92 Å². The molecule has 1 rings (SSSR count). The summed E-state index contributed by atoms with van der Waals surface area (Å²) in [5.74, 6) is 0.417. The van der Waals surface area contributed by atoms with Crippen molar-refractivity contribution >= 4 is 28.5 Å². The van der Waals surface area contributed by atoms with Gasteiger partial charge in [-0.15, -0.1) is 0 Å². The number of nitrogens with one attached hydrogen (secondary N) is 1. The summed E-state index contributed by atoms with van der Waals surface area (Å²) in [6.45, 7) is 2.81. The molecule has 1 N–H and O–H groups in total. The zero-order chi connectivity index (χ0) is 6.15. The highest BCUT2D eigenvalue weighted by Gasteiger charge is 2.27. The van der Waals surface area contributed by atoms with Crippen molar-refractivity contribution in [1.29, 1.82) is 0 Å². The maximum Gasteiger partial charge on any atom is 0.223 e. The molecule has 1 aliphatic rings. The number of amides is 1. The third-order valence-electron chi connectivity index (χ3n) is 1.43. The van der Waals surface area contributed by atoms with Crippen LogP contribution in [0.1, 0.15) is 6.92 Å². The molecule has 1 heterocycles. The first-order valence-electron chi connectivity index (χ1n) is 2.63. The van der Waals surface area contributed by atoms with Gasteiger partial charge in [0.05, 0.1) is 0 Å². The summed E-state index contributed by atoms with van der Waals surface area (Å²) in [5, 5.41) is 2.77. The molecule has 1 aliphatic heterocycles. The van der Waals surface area contributed by atoms with Gasteiger partial charge in [-0.2, -0.15) is 0 Å². The number of halogens is 1. The van der Waals surface area contributed by atoms with E-state index in [1.54, 1.807) is 0 Å². The van der Waals surface area contributed by atoms with Gasteiger partial charge < -0.3 is 5.32 Å². The highest BCUT2D eigenvalue weighted by molar-refractivity contribution is 14.1. The molecule has 2 unspecified atom stereocenters. The van der Waals surface area contributed by atoms with Crippen LogP contribution in [0, 0.1) is 5.92 Å². The highest BCUT2D eigenvalue weighted by atomic mass is 127. The van der Waals surface area contributed by atoms with Crippen LogP contribution in [0.4, 0.5) is 0 Å². The van der Waals surface area contributed by atoms with E-state index in [2.05, 4.69) is 27.9 Å². The lowest BCUT2D eigenvalue weighted by atomic mass is 10.1. The van der Waals surface area contributed by atoms with E-state index < -0.39 is 0 Å². The first kappa shape index (κ1) is 6.32. The fraction of sp³-hybridized carbons (Fsp3) is 0.800. The molecule has 3 heteroatoms. The van der Waals surface area contributed by atoms with E-state index in [1.165, 1.54) is 0 Å². The van der Waals surface area contributed by atoms with Crippen molar-refractivity contribution in [3.8, 4) is 0 Å². The Morgan fingerprint density at radius 1 is 1.88 bits per heavy atom. The molecule has 0 spiro atoms. The highest BCUT2D eigenvalue weighted by Crippen LogP contribution is 2.17. The lowest BCUT2D eigenvalue weighted by Crippen LogP contribution is -2.16. The molecular weight excluding hydrogens is 217 g/mol. The monoisotopic (exact) mass is 225 g/mol. The Bertz CT molecular complexity index is 115. The number of carbonyl (C=O) groups excluding carboxylic acids is 1. The summed E-state index contributed by atoms with van der Waals surface area (Å²) in [5.41, 5.74) is 0. The van der Waals surface area contributed by atoms with Gasteiger partial charge in [-0.25, -0.2) is 0 Å². The molecule has 2 nitrogen and oxygen atoms in total. The van der Waals surface area contributed by atoms with Crippen LogP contribution in [-0.4, -0.2) is 16.4 Å². The number of hydrogen-bond donors (Lipinski definition) is 1. The Balaban J connectivity index is 2.56. The molecular formula is C5H8INO. The second kappa shape index (κ2) is 2.21. The first-order valence-corrected chi connectivity index (χ1v) is 3.88. The van der Waals surface area contributed by atoms with Crippen LogP contribution in [0.25, 0.3) is 0 Å². The Hall–Kier alpha value is 0.200. The molecule has 1 saturated heterocycles. The largest absolute Gasteiger partial charge is 0.355 e. The molecule has 0 radical (unpaired) electrons. The van der Waals surface area contributed by atoms with Gasteiger partial charge in [-0.1, -0.05) is 29.5 Å². The first-order chi connectivity index (χ1) is 3.72. The van der Waals surface area contributed by atoms with E-state index in [-0.39, 0.29) is 11.8 Å². The molecule has 0 bridgehead atoms. The molecule has 0 aromatic carbocycles. The maximum atomic E-state index is 10.7. The fourth-order valence-electron chi connectivity index (χ4n) is 0.700. The van der Waals surface area contributed by atoms with Crippen molar-refractivity contribution in [2.45, 2.75) is 10.8 Å². The fourth-order valence-corrected chi connectivity index (χ4v) is 1.25. The average Bonchev–Trinajstić information content (AvgIpc) is 1.98. The van der Waals surface area contributed by atoms with Gasteiger partial charge in [-0.05, 0) is 0 Å². The number of hydrogen-bond acceptors (Lipinski definition) is 1. The molecule has 2 atom stereocenters. The van der Waals surface area contributed by atoms with Crippen LogP contribution < -0.4 is 5.32 Å². The van der Waals surface area contributed by atoms with E-state index >= 15 is 0 Å². The van der Waals surface area contributed by atoms with Crippen LogP contribution in [0.3, 0.4) is 0 Å². The van der Waals surface area contributed by atoms with E-state index in [4.69, 9.17) is 0 Å². The zero-order valence-corrected chi connectivity index (χ0v) is 6.81. The van der Waals surface area contributed by atoms with Crippen LogP contribution in [-0.2, 0) is 4.79 Å². The van der Waals surface area contributed by atoms with Gasteiger partial charge in [0.2, 0.25) is 5.91 Å². The van der Waals surface area contributed by atoms with Gasteiger partial charge in [0, 0.05) is 16.4 Å². The van der Waals surface area contributed by atoms with Gasteiger partial charge in [0.15, 0.2) is 0 Å². The van der Waals surface area contributed by atoms with Crippen molar-refractivity contribution < 1.29 is 4.79 Å². The van der Waals surface area contributed by atoms with Crippen LogP contribution >= 0.6 is 22.6 Å². The van der Waals surface area contributed by atoms with E-state index in [0.29, 0.717) is 3.92 Å². The quantitative estimate of drug-likeness (QED) is 0.473. The second-order valence-corrected chi connectivity index (χ2v) is 3.65. The molecule has 1 amide bonds. The minimum atomic E-state index is 0.199. The topological polar surface area (TPSA) is 29.1 Å². The summed E-state index contributed by atoms with van der Waals surface area (Å²) >= 11 is 2.29. The maximum absolute atomic E-state index is 10.7. The van der Waals surface area contributed by atoms with Crippen LogP contribution in [0.2, 0.25) is 0 Å². The molecule has 0 saturated carbocycles. The van der Waals surface area contributed by atoms with Crippen molar-refractivity contribution in [1.82, 2.24) is 5.32 Å². The summed E-state index contributed by atoms with van der Waals surface area (Å²) in [7, 11) is 0. The van der Waals surface area contributed by atoms with E-state index in [9.17, 15) is 4.79 Å². The normalized spacial score (nSPS) is 37.5. The molecule has 8 heavy (non-hydrogen) atoms. The van der Waals surface area contributed by atoms with Crippen molar-refractivity contribution in [2.24, 2.45) is 5.92 Å². The minimum absolute atomic E-state index is 0.199. The summed E-state index contributed by atoms with van der Waals surface area (Å²) < 4.78 is 0.500. The van der Waals surface area contributed by atoms with Crippen LogP contribution in [0.15, 0.2) is 0 Å². The van der Waals surface area contributed by atoms with Gasteiger partial charge in [0.25, 0.3) is 0 Å². The summed E-state index contributed by atoms with van der Waals surface area (Å²) in [4.78, 5) is 10.7. The van der Waals surface area contributed by atoms with Gasteiger partial charge in [0.1, 0.15) is 0 Å². The average molecular weight is 225 g/mol. The molecule has 0 aromatic rings. The van der Waals surface area contributed by atoms with Gasteiger partial charge >= 0.3 is 0 Å². The lowest BCUT2D eigenvalue weighted by Gasteiger charge is -1.99. The number of carbonyl (C=O) groups is 1. The molecule has 46 valence electrons. The van der Waals surface area contributed by atoms with Gasteiger partial charge in [-0.3, -0.25) is 4.79 Å². The van der Waals surface area contributed by atoms with Crippen molar-refractivity contribution in [3.05, 3.63) is 0 Å². The second-order valence-electron chi connectivity index (χ2n) is 2.05. The zero-order valence-electron chi connectivity index (χ0n) is 4.65. The standard InChI is InChI=1S/C5H8INO/c1-3-4(6)2-7-5(3)8/h3-4H,2H2,1H3,(H,7,8). The predicted molar refractivity (Wildman–Crippen MR) is 40.0 cm³/mol. The molecule has 0 aromatic heterocycles. The third-order valence-corrected chi connectivity index (χ3v) is 2.95. The summed E-state index contributed by atoms with van der Waals surface area (Å²) in [6.07, 6.45) is 0. The Kier molecular flexibility index (Phi) is 1.74. The Morgan fingerprint density at radius 2 is 2.50 bits per heavy atom. The molecule has 0 aliphatic carbocycles. The third kappa shape index (κ3) is 0.962. The molecule has 1 fully saturated rings. The Labute approximate surface area is 62.2 Å². The number of alkyl halides is 1. The number of rotatable bonds is 0. The Morgan fingerprint density at radius 3 is 2.62 bits per heavy atom. The van der Waals surface area contributed by atoms with Crippen molar-refractivity contribution in [2.75, 3.05) is 6.54 Å². The smallest absolute Gasteiger partial charge is 0.223 e.